The van der Waals surface area contributed by atoms with E-state index in [0.717, 1.165) is 12.5 Å². The Morgan fingerprint density at radius 3 is 2.86 bits per heavy atom. The quantitative estimate of drug-likeness (QED) is 0.759. The average molecular weight is 401 g/mol. The van der Waals surface area contributed by atoms with E-state index in [0.29, 0.717) is 19.5 Å². The van der Waals surface area contributed by atoms with Crippen molar-refractivity contribution in [3.63, 3.8) is 0 Å². The number of halogens is 4. The number of rotatable bonds is 4. The summed E-state index contributed by atoms with van der Waals surface area (Å²) in [6.45, 7) is 0.676. The summed E-state index contributed by atoms with van der Waals surface area (Å²) in [5, 5.41) is 0. The number of nitrogens with two attached hydrogens (primary N) is 1. The van der Waals surface area contributed by atoms with Gasteiger partial charge < -0.3 is 5.73 Å². The fourth-order valence-corrected chi connectivity index (χ4v) is 4.52. The highest BCUT2D eigenvalue weighted by molar-refractivity contribution is 9.10. The van der Waals surface area contributed by atoms with Crippen LogP contribution in [0.2, 0.25) is 0 Å². The predicted octanol–water partition coefficient (Wildman–Crippen LogP) is 2.17. The van der Waals surface area contributed by atoms with Crippen LogP contribution in [-0.2, 0) is 15.5 Å². The van der Waals surface area contributed by atoms with Crippen LogP contribution >= 0.6 is 15.9 Å². The molecule has 2 heterocycles. The number of alkyl halides is 2. The van der Waals surface area contributed by atoms with Crippen molar-refractivity contribution in [3.05, 3.63) is 28.2 Å². The molecule has 3 N–H and O–H groups in total. The van der Waals surface area contributed by atoms with Crippen LogP contribution in [0.4, 0.5) is 13.2 Å². The molecule has 1 unspecified atom stereocenters. The van der Waals surface area contributed by atoms with Crippen LogP contribution in [-0.4, -0.2) is 34.5 Å². The lowest BCUT2D eigenvalue weighted by atomic mass is 9.98. The van der Waals surface area contributed by atoms with Gasteiger partial charge in [0.1, 0.15) is 31.6 Å². The molecule has 0 aromatic carbocycles. The van der Waals surface area contributed by atoms with Crippen LogP contribution in [0, 0.1) is 5.82 Å². The van der Waals surface area contributed by atoms with Gasteiger partial charge in [0.25, 0.3) is 6.43 Å². The van der Waals surface area contributed by atoms with E-state index in [1.807, 2.05) is 0 Å². The molecular formula is C12H16BrF3N4OS. The van der Waals surface area contributed by atoms with E-state index in [4.69, 9.17) is 5.73 Å². The minimum absolute atomic E-state index is 0.167. The molecule has 1 aromatic heterocycles. The lowest BCUT2D eigenvalue weighted by molar-refractivity contribution is 0.0598. The van der Waals surface area contributed by atoms with Crippen LogP contribution < -0.4 is 10.5 Å². The molecule has 1 aromatic rings. The highest BCUT2D eigenvalue weighted by atomic mass is 79.9. The number of aromatic nitrogens is 1. The van der Waals surface area contributed by atoms with Gasteiger partial charge in [-0.05, 0) is 40.9 Å². The molecule has 2 rings (SSSR count). The van der Waals surface area contributed by atoms with Crippen molar-refractivity contribution in [1.29, 1.82) is 0 Å². The summed E-state index contributed by atoms with van der Waals surface area (Å²) >= 11 is 3.00. The number of pyridine rings is 1. The molecule has 0 saturated carbocycles. The topological polar surface area (TPSA) is 80.4 Å². The Labute approximate surface area is 135 Å². The second-order valence-corrected chi connectivity index (χ2v) is 7.97. The molecule has 0 fully saturated rings. The molecule has 5 nitrogen and oxygen atoms in total. The molecule has 0 aliphatic carbocycles. The molecule has 0 radical (unpaired) electrons. The summed E-state index contributed by atoms with van der Waals surface area (Å²) in [6, 6.07) is 2.26. The van der Waals surface area contributed by atoms with Crippen molar-refractivity contribution >= 4 is 25.8 Å². The molecule has 0 bridgehead atoms. The van der Waals surface area contributed by atoms with Crippen LogP contribution in [0.3, 0.4) is 0 Å². The Morgan fingerprint density at radius 1 is 1.45 bits per heavy atom. The van der Waals surface area contributed by atoms with E-state index in [9.17, 15) is 17.4 Å². The monoisotopic (exact) mass is 400 g/mol. The fraction of sp³-hybridized carbons (Fsp3) is 0.583. The summed E-state index contributed by atoms with van der Waals surface area (Å²) < 4.78 is 60.5. The first-order chi connectivity index (χ1) is 10.3. The van der Waals surface area contributed by atoms with Crippen LogP contribution in [0.15, 0.2) is 21.1 Å². The van der Waals surface area contributed by atoms with Gasteiger partial charge in [0, 0.05) is 13.1 Å². The summed E-state index contributed by atoms with van der Waals surface area (Å²) in [6.07, 6.45) is -1.71. The molecule has 0 amide bonds. The van der Waals surface area contributed by atoms with E-state index in [1.165, 1.54) is 6.07 Å². The van der Waals surface area contributed by atoms with Gasteiger partial charge in [-0.25, -0.2) is 31.4 Å². The Bertz CT molecular complexity index is 666. The molecule has 10 heteroatoms. The van der Waals surface area contributed by atoms with Crippen molar-refractivity contribution in [1.82, 2.24) is 9.71 Å². The first-order valence-corrected chi connectivity index (χ1v) is 9.09. The van der Waals surface area contributed by atoms with Gasteiger partial charge in [-0.2, -0.15) is 0 Å². The molecule has 2 atom stereocenters. The van der Waals surface area contributed by atoms with Gasteiger partial charge in [-0.1, -0.05) is 0 Å². The zero-order valence-corrected chi connectivity index (χ0v) is 14.0. The smallest absolute Gasteiger partial charge is 0.263 e. The maximum Gasteiger partial charge on any atom is 0.263 e. The van der Waals surface area contributed by atoms with Crippen molar-refractivity contribution < 1.29 is 17.4 Å². The molecule has 22 heavy (non-hydrogen) atoms. The van der Waals surface area contributed by atoms with Gasteiger partial charge in [0.15, 0.2) is 0 Å². The SMILES string of the molecule is N[C@@](CS1(=O)=NCCCCN1)(c1nc(Br)ccc1F)C(F)F. The number of nitrogens with zero attached hydrogens (tertiary/aromatic N) is 2. The summed E-state index contributed by atoms with van der Waals surface area (Å²) in [5.41, 5.74) is 2.63. The Balaban J connectivity index is 2.47. The van der Waals surface area contributed by atoms with Crippen LogP contribution in [0.5, 0.6) is 0 Å². The maximum atomic E-state index is 13.9. The van der Waals surface area contributed by atoms with Crippen LogP contribution in [0.25, 0.3) is 0 Å². The molecule has 124 valence electrons. The Morgan fingerprint density at radius 2 is 2.18 bits per heavy atom. The molecule has 1 aliphatic heterocycles. The van der Waals surface area contributed by atoms with E-state index in [1.54, 1.807) is 0 Å². The highest BCUT2D eigenvalue weighted by Crippen LogP contribution is 2.30. The Kier molecular flexibility index (Phi) is 5.46. The summed E-state index contributed by atoms with van der Waals surface area (Å²) in [7, 11) is -3.16. The summed E-state index contributed by atoms with van der Waals surface area (Å²) in [4.78, 5) is 3.73. The zero-order valence-electron chi connectivity index (χ0n) is 11.6. The number of hydrogen-bond acceptors (Lipinski definition) is 4. The fourth-order valence-electron chi connectivity index (χ4n) is 2.13. The summed E-state index contributed by atoms with van der Waals surface area (Å²) in [5.74, 6) is -1.68. The van der Waals surface area contributed by atoms with Crippen molar-refractivity contribution in [2.45, 2.75) is 24.8 Å². The van der Waals surface area contributed by atoms with E-state index in [2.05, 4.69) is 30.0 Å². The molecule has 1 aliphatic rings. The van der Waals surface area contributed by atoms with E-state index in [-0.39, 0.29) is 4.60 Å². The standard InChI is InChI=1S/C12H16BrF3N4OS/c13-9-4-3-8(14)10(20-9)12(17,11(15)16)7-22(21)18-5-1-2-6-19-22/h3-4,11H,1-2,5-7,17H2,(H,18,19,21)/t12-/m0/s1. The second kappa shape index (κ2) is 6.81. The average Bonchev–Trinajstić information content (AvgIpc) is 2.65. The van der Waals surface area contributed by atoms with E-state index < -0.39 is 39.1 Å². The first kappa shape index (κ1) is 17.6. The second-order valence-electron chi connectivity index (χ2n) is 5.04. The minimum Gasteiger partial charge on any atom is -0.314 e. The molecule has 0 spiro atoms. The van der Waals surface area contributed by atoms with Crippen molar-refractivity contribution in [2.24, 2.45) is 10.1 Å². The molecular weight excluding hydrogens is 385 g/mol. The maximum absolute atomic E-state index is 13.9. The minimum atomic E-state index is -3.16. The predicted molar refractivity (Wildman–Crippen MR) is 81.3 cm³/mol. The van der Waals surface area contributed by atoms with Gasteiger partial charge in [0.05, 0.1) is 5.75 Å². The largest absolute Gasteiger partial charge is 0.314 e. The normalized spacial score (nSPS) is 25.4. The lowest BCUT2D eigenvalue weighted by Gasteiger charge is -2.29. The first-order valence-electron chi connectivity index (χ1n) is 6.62. The van der Waals surface area contributed by atoms with Gasteiger partial charge in [-0.15, -0.1) is 0 Å². The van der Waals surface area contributed by atoms with Crippen molar-refractivity contribution in [2.75, 3.05) is 18.8 Å². The highest BCUT2D eigenvalue weighted by Gasteiger charge is 2.44. The third-order valence-electron chi connectivity index (χ3n) is 3.29. The Hall–Kier alpha value is -0.710. The van der Waals surface area contributed by atoms with Gasteiger partial charge >= 0.3 is 0 Å². The van der Waals surface area contributed by atoms with E-state index >= 15 is 0 Å². The lowest BCUT2D eigenvalue weighted by Crippen LogP contribution is -2.52. The molecule has 0 saturated heterocycles. The third kappa shape index (κ3) is 3.79. The van der Waals surface area contributed by atoms with Gasteiger partial charge in [-0.3, -0.25) is 0 Å². The number of hydrogen-bond donors (Lipinski definition) is 2. The van der Waals surface area contributed by atoms with Gasteiger partial charge in [0.2, 0.25) is 0 Å². The zero-order chi connectivity index (χ0) is 16.4. The van der Waals surface area contributed by atoms with Crippen molar-refractivity contribution in [3.8, 4) is 0 Å². The van der Waals surface area contributed by atoms with Crippen LogP contribution in [0.1, 0.15) is 18.5 Å². The third-order valence-corrected chi connectivity index (χ3v) is 5.85. The number of nitrogens with one attached hydrogen (secondary N) is 1.